The van der Waals surface area contributed by atoms with Crippen molar-refractivity contribution in [3.8, 4) is 11.1 Å². The maximum Gasteiger partial charge on any atom is 0.378 e. The number of nitrogens with zero attached hydrogens (tertiary/aromatic N) is 1. The molecule has 0 aliphatic rings. The first-order chi connectivity index (χ1) is 9.56. The van der Waals surface area contributed by atoms with Crippen LogP contribution in [-0.4, -0.2) is 15.8 Å². The van der Waals surface area contributed by atoms with Crippen molar-refractivity contribution in [2.75, 3.05) is 5.73 Å². The number of rotatable bonds is 3. The summed E-state index contributed by atoms with van der Waals surface area (Å²) in [5.41, 5.74) is 6.95. The van der Waals surface area contributed by atoms with Crippen LogP contribution in [0.2, 0.25) is 0 Å². The van der Waals surface area contributed by atoms with Crippen molar-refractivity contribution in [3.63, 3.8) is 0 Å². The molecule has 20 heavy (non-hydrogen) atoms. The lowest BCUT2D eigenvalue weighted by molar-refractivity contribution is -0.183. The van der Waals surface area contributed by atoms with E-state index in [2.05, 4.69) is 4.89 Å². The van der Waals surface area contributed by atoms with Crippen molar-refractivity contribution in [2.45, 2.75) is 13.5 Å². The number of nitrogens with two attached hydrogens (primary N) is 1. The second-order valence-corrected chi connectivity index (χ2v) is 4.24. The topological polar surface area (TPSA) is 94.6 Å². The summed E-state index contributed by atoms with van der Waals surface area (Å²) in [6, 6.07) is 8.43. The Labute approximate surface area is 115 Å². The zero-order valence-corrected chi connectivity index (χ0v) is 10.9. The minimum atomic E-state index is -1.08. The van der Waals surface area contributed by atoms with Gasteiger partial charge in [0.25, 0.3) is 5.56 Å². The van der Waals surface area contributed by atoms with Gasteiger partial charge < -0.3 is 10.3 Å². The highest BCUT2D eigenvalue weighted by Crippen LogP contribution is 2.21. The molecule has 6 nitrogen and oxygen atoms in total. The number of carbonyl (C=O) groups is 1. The van der Waals surface area contributed by atoms with Gasteiger partial charge in [-0.3, -0.25) is 9.68 Å². The summed E-state index contributed by atoms with van der Waals surface area (Å²) < 4.78 is 1.37. The zero-order chi connectivity index (χ0) is 14.7. The summed E-state index contributed by atoms with van der Waals surface area (Å²) in [5.74, 6) is -1.08. The number of aromatic nitrogens is 1. The molecule has 0 unspecified atom stereocenters. The fourth-order valence-corrected chi connectivity index (χ4v) is 1.94. The smallest absolute Gasteiger partial charge is 0.378 e. The number of hydrogen-bond donors (Lipinski definition) is 2. The number of benzene rings is 1. The SMILES string of the molecule is CCn1cc(-c2cccc(N)c2)cc(C(=O)OO)c1=O. The van der Waals surface area contributed by atoms with E-state index in [0.717, 1.165) is 5.56 Å². The van der Waals surface area contributed by atoms with Gasteiger partial charge in [0.15, 0.2) is 0 Å². The number of anilines is 1. The molecule has 0 spiro atoms. The van der Waals surface area contributed by atoms with E-state index in [4.69, 9.17) is 11.0 Å². The highest BCUT2D eigenvalue weighted by molar-refractivity contribution is 5.90. The first-order valence-electron chi connectivity index (χ1n) is 6.03. The minimum Gasteiger partial charge on any atom is -0.399 e. The van der Waals surface area contributed by atoms with E-state index < -0.39 is 11.5 Å². The van der Waals surface area contributed by atoms with Crippen LogP contribution in [0.25, 0.3) is 11.1 Å². The zero-order valence-electron chi connectivity index (χ0n) is 10.9. The Kier molecular flexibility index (Phi) is 3.86. The predicted molar refractivity (Wildman–Crippen MR) is 74.3 cm³/mol. The van der Waals surface area contributed by atoms with Gasteiger partial charge in [-0.15, -0.1) is 0 Å². The fraction of sp³-hybridized carbons (Fsp3) is 0.143. The summed E-state index contributed by atoms with van der Waals surface area (Å²) in [7, 11) is 0. The molecule has 2 rings (SSSR count). The molecule has 0 saturated carbocycles. The van der Waals surface area contributed by atoms with Gasteiger partial charge in [0.2, 0.25) is 0 Å². The number of aryl methyl sites for hydroxylation is 1. The Morgan fingerprint density at radius 1 is 1.35 bits per heavy atom. The fourth-order valence-electron chi connectivity index (χ4n) is 1.94. The molecule has 1 aromatic carbocycles. The van der Waals surface area contributed by atoms with E-state index in [1.165, 1.54) is 10.6 Å². The Balaban J connectivity index is 2.66. The first-order valence-corrected chi connectivity index (χ1v) is 6.03. The summed E-state index contributed by atoms with van der Waals surface area (Å²) in [4.78, 5) is 27.1. The van der Waals surface area contributed by atoms with Gasteiger partial charge in [-0.05, 0) is 36.2 Å². The van der Waals surface area contributed by atoms with E-state index in [1.54, 1.807) is 31.3 Å². The second-order valence-electron chi connectivity index (χ2n) is 4.24. The molecule has 0 amide bonds. The van der Waals surface area contributed by atoms with Crippen LogP contribution in [0.5, 0.6) is 0 Å². The highest BCUT2D eigenvalue weighted by atomic mass is 17.1. The van der Waals surface area contributed by atoms with Crippen molar-refractivity contribution < 1.29 is 14.9 Å². The van der Waals surface area contributed by atoms with Crippen molar-refractivity contribution >= 4 is 11.7 Å². The number of hydrogen-bond acceptors (Lipinski definition) is 5. The molecule has 1 aromatic heterocycles. The van der Waals surface area contributed by atoms with E-state index in [-0.39, 0.29) is 5.56 Å². The standard InChI is InChI=1S/C14H14N2O4/c1-2-16-8-10(9-4-3-5-11(15)6-9)7-12(13(16)17)14(18)20-19/h3-8,19H,2,15H2,1H3. The van der Waals surface area contributed by atoms with Crippen LogP contribution in [0.3, 0.4) is 0 Å². The molecular weight excluding hydrogens is 260 g/mol. The molecule has 0 fully saturated rings. The van der Waals surface area contributed by atoms with Crippen LogP contribution >= 0.6 is 0 Å². The monoisotopic (exact) mass is 274 g/mol. The van der Waals surface area contributed by atoms with Crippen LogP contribution in [0.15, 0.2) is 41.3 Å². The molecule has 104 valence electrons. The van der Waals surface area contributed by atoms with Crippen molar-refractivity contribution in [1.82, 2.24) is 4.57 Å². The summed E-state index contributed by atoms with van der Waals surface area (Å²) >= 11 is 0. The summed E-state index contributed by atoms with van der Waals surface area (Å²) in [6.07, 6.45) is 1.63. The Morgan fingerprint density at radius 3 is 2.70 bits per heavy atom. The quantitative estimate of drug-likeness (QED) is 0.505. The van der Waals surface area contributed by atoms with Crippen LogP contribution in [0.1, 0.15) is 17.3 Å². The van der Waals surface area contributed by atoms with Gasteiger partial charge in [0.1, 0.15) is 5.56 Å². The van der Waals surface area contributed by atoms with Crippen LogP contribution in [0.4, 0.5) is 5.69 Å². The average molecular weight is 274 g/mol. The Morgan fingerprint density at radius 2 is 2.10 bits per heavy atom. The van der Waals surface area contributed by atoms with Crippen molar-refractivity contribution in [1.29, 1.82) is 0 Å². The minimum absolute atomic E-state index is 0.228. The normalized spacial score (nSPS) is 10.3. The van der Waals surface area contributed by atoms with Crippen molar-refractivity contribution in [3.05, 3.63) is 52.4 Å². The third kappa shape index (κ3) is 2.55. The van der Waals surface area contributed by atoms with E-state index >= 15 is 0 Å². The lowest BCUT2D eigenvalue weighted by Crippen LogP contribution is -2.26. The number of pyridine rings is 1. The van der Waals surface area contributed by atoms with Crippen LogP contribution < -0.4 is 11.3 Å². The second kappa shape index (κ2) is 5.58. The molecule has 0 aliphatic heterocycles. The molecule has 3 N–H and O–H groups in total. The Bertz CT molecular complexity index is 707. The van der Waals surface area contributed by atoms with Gasteiger partial charge in [-0.25, -0.2) is 4.79 Å². The molecule has 6 heteroatoms. The maximum absolute atomic E-state index is 12.0. The largest absolute Gasteiger partial charge is 0.399 e. The molecule has 0 saturated heterocycles. The third-order valence-corrected chi connectivity index (χ3v) is 2.95. The molecule has 0 radical (unpaired) electrons. The average Bonchev–Trinajstić information content (AvgIpc) is 2.46. The molecule has 0 atom stereocenters. The number of nitrogen functional groups attached to an aromatic ring is 1. The predicted octanol–water partition coefficient (Wildman–Crippen LogP) is 1.75. The molecule has 0 bridgehead atoms. The van der Waals surface area contributed by atoms with Gasteiger partial charge in [-0.1, -0.05) is 12.1 Å². The lowest BCUT2D eigenvalue weighted by Gasteiger charge is -2.09. The molecule has 1 heterocycles. The molecular formula is C14H14N2O4. The molecule has 2 aromatic rings. The lowest BCUT2D eigenvalue weighted by atomic mass is 10.0. The Hall–Kier alpha value is -2.60. The van der Waals surface area contributed by atoms with Gasteiger partial charge in [0, 0.05) is 18.4 Å². The van der Waals surface area contributed by atoms with E-state index in [9.17, 15) is 9.59 Å². The van der Waals surface area contributed by atoms with Crippen molar-refractivity contribution in [2.24, 2.45) is 0 Å². The van der Waals surface area contributed by atoms with Gasteiger partial charge in [-0.2, -0.15) is 5.26 Å². The summed E-state index contributed by atoms with van der Waals surface area (Å²) in [6.45, 7) is 2.17. The van der Waals surface area contributed by atoms with E-state index in [1.807, 2.05) is 6.07 Å². The van der Waals surface area contributed by atoms with E-state index in [0.29, 0.717) is 17.8 Å². The first kappa shape index (κ1) is 13.8. The molecule has 0 aliphatic carbocycles. The van der Waals surface area contributed by atoms with Crippen LogP contribution in [0, 0.1) is 0 Å². The number of carbonyl (C=O) groups excluding carboxylic acids is 1. The van der Waals surface area contributed by atoms with Gasteiger partial charge >= 0.3 is 5.97 Å². The van der Waals surface area contributed by atoms with Crippen LogP contribution in [-0.2, 0) is 11.4 Å². The summed E-state index contributed by atoms with van der Waals surface area (Å²) in [5, 5.41) is 8.46. The third-order valence-electron chi connectivity index (χ3n) is 2.95. The van der Waals surface area contributed by atoms with Gasteiger partial charge in [0.05, 0.1) is 0 Å². The highest BCUT2D eigenvalue weighted by Gasteiger charge is 2.16. The maximum atomic E-state index is 12.0.